The summed E-state index contributed by atoms with van der Waals surface area (Å²) in [5, 5.41) is 3.30. The number of hydrogen-bond acceptors (Lipinski definition) is 4. The van der Waals surface area contributed by atoms with Gasteiger partial charge < -0.3 is 15.2 Å². The Balaban J connectivity index is 1.76. The summed E-state index contributed by atoms with van der Waals surface area (Å²) in [4.78, 5) is 14.2. The molecule has 0 aliphatic carbocycles. The van der Waals surface area contributed by atoms with Gasteiger partial charge in [0, 0.05) is 55.0 Å². The monoisotopic (exact) mass is 243 g/mol. The molecule has 2 N–H and O–H groups in total. The third-order valence-corrected chi connectivity index (χ3v) is 3.45. The Bertz CT molecular complexity index is 491. The maximum absolute atomic E-state index is 4.46. The first-order valence-electron chi connectivity index (χ1n) is 6.24. The number of nitrogens with zero attached hydrogens (tertiary/aromatic N) is 3. The molecule has 3 rings (SSSR count). The van der Waals surface area contributed by atoms with Crippen molar-refractivity contribution in [2.45, 2.75) is 12.5 Å². The van der Waals surface area contributed by atoms with Gasteiger partial charge >= 0.3 is 0 Å². The Morgan fingerprint density at radius 1 is 1.33 bits per heavy atom. The van der Waals surface area contributed by atoms with Crippen LogP contribution in [0.2, 0.25) is 0 Å². The third kappa shape index (κ3) is 2.09. The zero-order chi connectivity index (χ0) is 12.4. The Labute approximate surface area is 106 Å². The van der Waals surface area contributed by atoms with Gasteiger partial charge in [-0.25, -0.2) is 9.97 Å². The number of H-pyrrole nitrogens is 1. The van der Waals surface area contributed by atoms with E-state index in [1.54, 1.807) is 0 Å². The summed E-state index contributed by atoms with van der Waals surface area (Å²) >= 11 is 0. The molecule has 1 aliphatic heterocycles. The van der Waals surface area contributed by atoms with Crippen molar-refractivity contribution in [2.75, 3.05) is 25.0 Å². The first-order chi connectivity index (χ1) is 8.86. The van der Waals surface area contributed by atoms with Crippen LogP contribution >= 0.6 is 0 Å². The Hall–Kier alpha value is -1.88. The molecule has 1 atom stereocenters. The first-order valence-corrected chi connectivity index (χ1v) is 6.24. The maximum atomic E-state index is 4.46. The van der Waals surface area contributed by atoms with Crippen molar-refractivity contribution in [1.82, 2.24) is 20.3 Å². The molecule has 0 spiro atoms. The minimum Gasteiger partial charge on any atom is -0.367 e. The van der Waals surface area contributed by atoms with Gasteiger partial charge in [-0.2, -0.15) is 0 Å². The quantitative estimate of drug-likeness (QED) is 0.852. The predicted octanol–water partition coefficient (Wildman–Crippen LogP) is 1.27. The van der Waals surface area contributed by atoms with E-state index in [1.165, 1.54) is 0 Å². The molecule has 94 valence electrons. The highest BCUT2D eigenvalue weighted by atomic mass is 15.3. The predicted molar refractivity (Wildman–Crippen MR) is 71.5 cm³/mol. The van der Waals surface area contributed by atoms with Gasteiger partial charge in [-0.05, 0) is 19.5 Å². The molecule has 2 aromatic rings. The molecular formula is C13H17N5. The molecule has 0 radical (unpaired) electrons. The van der Waals surface area contributed by atoms with Crippen molar-refractivity contribution in [2.24, 2.45) is 0 Å². The molecule has 2 aromatic heterocycles. The van der Waals surface area contributed by atoms with Crippen LogP contribution in [0.25, 0.3) is 11.1 Å². The first kappa shape index (κ1) is 11.2. The largest absolute Gasteiger partial charge is 0.367 e. The number of aromatic nitrogens is 3. The van der Waals surface area contributed by atoms with Crippen LogP contribution < -0.4 is 10.2 Å². The van der Waals surface area contributed by atoms with Crippen LogP contribution in [-0.2, 0) is 0 Å². The van der Waals surface area contributed by atoms with E-state index in [-0.39, 0.29) is 0 Å². The van der Waals surface area contributed by atoms with Crippen LogP contribution in [0.1, 0.15) is 6.42 Å². The van der Waals surface area contributed by atoms with Crippen LogP contribution in [0.15, 0.2) is 30.9 Å². The lowest BCUT2D eigenvalue weighted by molar-refractivity contribution is 0.616. The second-order valence-electron chi connectivity index (χ2n) is 4.59. The van der Waals surface area contributed by atoms with Gasteiger partial charge in [-0.3, -0.25) is 0 Å². The van der Waals surface area contributed by atoms with Gasteiger partial charge in [0.05, 0.1) is 0 Å². The van der Waals surface area contributed by atoms with Crippen molar-refractivity contribution in [3.8, 4) is 11.1 Å². The second-order valence-corrected chi connectivity index (χ2v) is 4.59. The molecule has 1 fully saturated rings. The van der Waals surface area contributed by atoms with Crippen molar-refractivity contribution < 1.29 is 0 Å². The van der Waals surface area contributed by atoms with Gasteiger partial charge in [0.1, 0.15) is 0 Å². The van der Waals surface area contributed by atoms with Gasteiger partial charge in [-0.15, -0.1) is 0 Å². The normalized spacial score (nSPS) is 19.4. The molecule has 5 heteroatoms. The van der Waals surface area contributed by atoms with Crippen LogP contribution in [0.3, 0.4) is 0 Å². The topological polar surface area (TPSA) is 56.8 Å². The van der Waals surface area contributed by atoms with E-state index in [2.05, 4.69) is 25.2 Å². The lowest BCUT2D eigenvalue weighted by Crippen LogP contribution is -2.30. The molecule has 0 aromatic carbocycles. The maximum Gasteiger partial charge on any atom is 0.225 e. The fraction of sp³-hybridized carbons (Fsp3) is 0.385. The van der Waals surface area contributed by atoms with Crippen molar-refractivity contribution in [1.29, 1.82) is 0 Å². The number of likely N-dealkylation sites (N-methyl/N-ethyl adjacent to an activating group) is 1. The molecule has 5 nitrogen and oxygen atoms in total. The van der Waals surface area contributed by atoms with Gasteiger partial charge in [-0.1, -0.05) is 0 Å². The summed E-state index contributed by atoms with van der Waals surface area (Å²) in [6.07, 6.45) is 8.78. The van der Waals surface area contributed by atoms with Gasteiger partial charge in [0.25, 0.3) is 0 Å². The molecule has 1 saturated heterocycles. The summed E-state index contributed by atoms with van der Waals surface area (Å²) < 4.78 is 0. The van der Waals surface area contributed by atoms with E-state index < -0.39 is 0 Å². The Morgan fingerprint density at radius 3 is 2.78 bits per heavy atom. The smallest absolute Gasteiger partial charge is 0.225 e. The summed E-state index contributed by atoms with van der Waals surface area (Å²) in [5.74, 6) is 0.826. The minimum atomic E-state index is 0.554. The highest BCUT2D eigenvalue weighted by Crippen LogP contribution is 2.20. The Morgan fingerprint density at radius 2 is 2.17 bits per heavy atom. The molecule has 1 unspecified atom stereocenters. The van der Waals surface area contributed by atoms with E-state index >= 15 is 0 Å². The summed E-state index contributed by atoms with van der Waals surface area (Å²) in [6, 6.07) is 2.57. The molecule has 0 bridgehead atoms. The molecule has 0 saturated carbocycles. The number of nitrogens with one attached hydrogen (secondary N) is 2. The lowest BCUT2D eigenvalue weighted by atomic mass is 10.2. The van der Waals surface area contributed by atoms with Gasteiger partial charge in [0.2, 0.25) is 5.95 Å². The van der Waals surface area contributed by atoms with Crippen LogP contribution in [0.4, 0.5) is 5.95 Å². The van der Waals surface area contributed by atoms with Crippen molar-refractivity contribution in [3.05, 3.63) is 30.9 Å². The molecule has 1 aliphatic rings. The molecule has 18 heavy (non-hydrogen) atoms. The average Bonchev–Trinajstić information content (AvgIpc) is 3.10. The zero-order valence-corrected chi connectivity index (χ0v) is 10.4. The van der Waals surface area contributed by atoms with Gasteiger partial charge in [0.15, 0.2) is 0 Å². The fourth-order valence-electron chi connectivity index (χ4n) is 2.31. The SMILES string of the molecule is CNC1CCN(c2ncc(-c3cc[nH]c3)cn2)C1. The van der Waals surface area contributed by atoms with E-state index in [4.69, 9.17) is 0 Å². The minimum absolute atomic E-state index is 0.554. The number of rotatable bonds is 3. The van der Waals surface area contributed by atoms with Crippen LogP contribution in [0, 0.1) is 0 Å². The molecular weight excluding hydrogens is 226 g/mol. The van der Waals surface area contributed by atoms with E-state index in [0.29, 0.717) is 6.04 Å². The van der Waals surface area contributed by atoms with Crippen LogP contribution in [-0.4, -0.2) is 41.1 Å². The summed E-state index contributed by atoms with van der Waals surface area (Å²) in [5.41, 5.74) is 2.17. The Kier molecular flexibility index (Phi) is 2.98. The highest BCUT2D eigenvalue weighted by Gasteiger charge is 2.22. The third-order valence-electron chi connectivity index (χ3n) is 3.45. The lowest BCUT2D eigenvalue weighted by Gasteiger charge is -2.15. The van der Waals surface area contributed by atoms with E-state index in [9.17, 15) is 0 Å². The second kappa shape index (κ2) is 4.78. The standard InChI is InChI=1S/C13H17N5/c1-14-12-3-5-18(9-12)13-16-7-11(8-17-13)10-2-4-15-6-10/h2,4,6-8,12,14-15H,3,5,9H2,1H3. The number of hydrogen-bond donors (Lipinski definition) is 2. The van der Waals surface area contributed by atoms with Crippen molar-refractivity contribution in [3.63, 3.8) is 0 Å². The zero-order valence-electron chi connectivity index (χ0n) is 10.4. The molecule has 3 heterocycles. The van der Waals surface area contributed by atoms with E-state index in [0.717, 1.165) is 36.6 Å². The highest BCUT2D eigenvalue weighted by molar-refractivity contribution is 5.61. The number of anilines is 1. The summed E-state index contributed by atoms with van der Waals surface area (Å²) in [6.45, 7) is 2.01. The fourth-order valence-corrected chi connectivity index (χ4v) is 2.31. The molecule has 0 amide bonds. The number of aromatic amines is 1. The van der Waals surface area contributed by atoms with E-state index in [1.807, 2.05) is 37.9 Å². The summed E-state index contributed by atoms with van der Waals surface area (Å²) in [7, 11) is 2.00. The average molecular weight is 243 g/mol. The van der Waals surface area contributed by atoms with Crippen LogP contribution in [0.5, 0.6) is 0 Å². The van der Waals surface area contributed by atoms with Crippen molar-refractivity contribution >= 4 is 5.95 Å².